The fourth-order valence-electron chi connectivity index (χ4n) is 1.96. The van der Waals surface area contributed by atoms with E-state index < -0.39 is 6.36 Å². The van der Waals surface area contributed by atoms with E-state index in [0.29, 0.717) is 10.8 Å². The van der Waals surface area contributed by atoms with Crippen LogP contribution in [0.25, 0.3) is 5.78 Å². The SMILES string of the molecule is O=C(CSc1nnc2[nH]c(=O)ccn12)Nc1ccc(OC(F)(F)F)cc1. The highest BCUT2D eigenvalue weighted by Gasteiger charge is 2.30. The molecule has 0 aliphatic heterocycles. The van der Waals surface area contributed by atoms with E-state index in [1.165, 1.54) is 28.8 Å². The smallest absolute Gasteiger partial charge is 0.406 e. The van der Waals surface area contributed by atoms with Gasteiger partial charge in [-0.3, -0.25) is 19.0 Å². The quantitative estimate of drug-likeness (QED) is 0.652. The van der Waals surface area contributed by atoms with E-state index in [-0.39, 0.29) is 28.7 Å². The second-order valence-electron chi connectivity index (χ2n) is 4.89. The summed E-state index contributed by atoms with van der Waals surface area (Å²) in [5.41, 5.74) is -0.00213. The van der Waals surface area contributed by atoms with E-state index in [9.17, 15) is 22.8 Å². The first kappa shape index (κ1) is 17.8. The van der Waals surface area contributed by atoms with Gasteiger partial charge >= 0.3 is 6.36 Å². The van der Waals surface area contributed by atoms with Crippen molar-refractivity contribution in [3.63, 3.8) is 0 Å². The molecule has 0 aliphatic carbocycles. The molecule has 2 N–H and O–H groups in total. The summed E-state index contributed by atoms with van der Waals surface area (Å²) < 4.78 is 41.5. The molecule has 136 valence electrons. The molecule has 1 amide bonds. The van der Waals surface area contributed by atoms with Crippen molar-refractivity contribution in [3.8, 4) is 5.75 Å². The third-order valence-corrected chi connectivity index (χ3v) is 3.92. The summed E-state index contributed by atoms with van der Waals surface area (Å²) in [6, 6.07) is 6.07. The van der Waals surface area contributed by atoms with E-state index >= 15 is 0 Å². The third-order valence-electron chi connectivity index (χ3n) is 2.98. The summed E-state index contributed by atoms with van der Waals surface area (Å²) in [5, 5.41) is 10.6. The van der Waals surface area contributed by atoms with Crippen LogP contribution >= 0.6 is 11.8 Å². The van der Waals surface area contributed by atoms with Gasteiger partial charge < -0.3 is 10.1 Å². The summed E-state index contributed by atoms with van der Waals surface area (Å²) in [4.78, 5) is 25.6. The molecule has 0 bridgehead atoms. The summed E-state index contributed by atoms with van der Waals surface area (Å²) in [5.74, 6) is -0.532. The van der Waals surface area contributed by atoms with E-state index in [2.05, 4.69) is 25.2 Å². The normalized spacial score (nSPS) is 11.5. The number of aromatic nitrogens is 4. The standard InChI is InChI=1S/C14H10F3N5O3S/c15-14(16,17)25-9-3-1-8(2-4-9)18-11(24)7-26-13-21-20-12-19-10(23)5-6-22(12)13/h1-6H,7H2,(H,18,24)(H,19,20,23). The van der Waals surface area contributed by atoms with E-state index in [1.807, 2.05) is 0 Å². The van der Waals surface area contributed by atoms with Crippen molar-refractivity contribution in [1.29, 1.82) is 0 Å². The summed E-state index contributed by atoms with van der Waals surface area (Å²) in [6.45, 7) is 0. The number of nitrogens with one attached hydrogen (secondary N) is 2. The molecule has 1 aromatic carbocycles. The van der Waals surface area contributed by atoms with Gasteiger partial charge in [-0.15, -0.1) is 23.4 Å². The minimum atomic E-state index is -4.77. The number of rotatable bonds is 5. The van der Waals surface area contributed by atoms with E-state index in [1.54, 1.807) is 0 Å². The minimum Gasteiger partial charge on any atom is -0.406 e. The molecule has 26 heavy (non-hydrogen) atoms. The number of carbonyl (C=O) groups is 1. The predicted octanol–water partition coefficient (Wildman–Crippen LogP) is 2.05. The average molecular weight is 385 g/mol. The Hall–Kier alpha value is -3.02. The van der Waals surface area contributed by atoms with Crippen LogP contribution in [0.5, 0.6) is 5.75 Å². The molecule has 8 nitrogen and oxygen atoms in total. The van der Waals surface area contributed by atoms with Crippen LogP contribution < -0.4 is 15.6 Å². The van der Waals surface area contributed by atoms with Gasteiger partial charge in [-0.2, -0.15) is 0 Å². The Bertz CT molecular complexity index is 984. The van der Waals surface area contributed by atoms with Crippen LogP contribution in [0.4, 0.5) is 18.9 Å². The monoisotopic (exact) mass is 385 g/mol. The Morgan fingerprint density at radius 1 is 1.23 bits per heavy atom. The van der Waals surface area contributed by atoms with Crippen molar-refractivity contribution < 1.29 is 22.7 Å². The fourth-order valence-corrected chi connectivity index (χ4v) is 2.67. The zero-order valence-corrected chi connectivity index (χ0v) is 13.6. The van der Waals surface area contributed by atoms with E-state index in [0.717, 1.165) is 23.9 Å². The molecule has 0 saturated heterocycles. The Morgan fingerprint density at radius 3 is 2.65 bits per heavy atom. The molecule has 0 unspecified atom stereocenters. The number of hydrogen-bond acceptors (Lipinski definition) is 6. The first-order chi connectivity index (χ1) is 12.3. The van der Waals surface area contributed by atoms with Crippen molar-refractivity contribution in [2.24, 2.45) is 0 Å². The van der Waals surface area contributed by atoms with Crippen molar-refractivity contribution in [2.45, 2.75) is 11.5 Å². The first-order valence-corrected chi connectivity index (χ1v) is 8.01. The molecule has 0 spiro atoms. The fraction of sp³-hybridized carbons (Fsp3) is 0.143. The number of H-pyrrole nitrogens is 1. The zero-order valence-electron chi connectivity index (χ0n) is 12.8. The summed E-state index contributed by atoms with van der Waals surface area (Å²) in [6.07, 6.45) is -3.29. The maximum atomic E-state index is 12.1. The van der Waals surface area contributed by atoms with Crippen LogP contribution in [0, 0.1) is 0 Å². The molecule has 3 aromatic rings. The molecule has 2 aromatic heterocycles. The van der Waals surface area contributed by atoms with Gasteiger partial charge in [-0.05, 0) is 24.3 Å². The first-order valence-electron chi connectivity index (χ1n) is 7.03. The van der Waals surface area contributed by atoms with Gasteiger partial charge in [0.2, 0.25) is 11.7 Å². The number of halogens is 3. The summed E-state index contributed by atoms with van der Waals surface area (Å²) >= 11 is 1.08. The number of thioether (sulfide) groups is 1. The number of carbonyl (C=O) groups excluding carboxylic acids is 1. The number of alkyl halides is 3. The number of anilines is 1. The molecule has 0 atom stereocenters. The Morgan fingerprint density at radius 2 is 1.96 bits per heavy atom. The zero-order chi connectivity index (χ0) is 18.7. The molecule has 12 heteroatoms. The van der Waals surface area contributed by atoms with Crippen molar-refractivity contribution in [2.75, 3.05) is 11.1 Å². The maximum Gasteiger partial charge on any atom is 0.573 e. The lowest BCUT2D eigenvalue weighted by Gasteiger charge is -2.09. The largest absolute Gasteiger partial charge is 0.573 e. The molecule has 2 heterocycles. The van der Waals surface area contributed by atoms with Crippen molar-refractivity contribution in [1.82, 2.24) is 19.6 Å². The van der Waals surface area contributed by atoms with Crippen LogP contribution in [-0.2, 0) is 4.79 Å². The van der Waals surface area contributed by atoms with Gasteiger partial charge in [0.25, 0.3) is 5.56 Å². The van der Waals surface area contributed by atoms with Crippen LogP contribution in [0.2, 0.25) is 0 Å². The molecule has 0 radical (unpaired) electrons. The molecule has 0 aliphatic rings. The number of ether oxygens (including phenoxy) is 1. The second-order valence-corrected chi connectivity index (χ2v) is 5.83. The van der Waals surface area contributed by atoms with Gasteiger partial charge in [0.05, 0.1) is 5.75 Å². The number of benzene rings is 1. The van der Waals surface area contributed by atoms with Crippen molar-refractivity contribution in [3.05, 3.63) is 46.9 Å². The predicted molar refractivity (Wildman–Crippen MR) is 86.1 cm³/mol. The number of hydrogen-bond donors (Lipinski definition) is 2. The van der Waals surface area contributed by atoms with Gasteiger partial charge in [0.1, 0.15) is 5.75 Å². The van der Waals surface area contributed by atoms with Gasteiger partial charge in [-0.25, -0.2) is 0 Å². The van der Waals surface area contributed by atoms with Gasteiger partial charge in [0.15, 0.2) is 5.16 Å². The van der Waals surface area contributed by atoms with Crippen LogP contribution in [0.1, 0.15) is 0 Å². The van der Waals surface area contributed by atoms with Crippen LogP contribution in [-0.4, -0.2) is 37.6 Å². The average Bonchev–Trinajstić information content (AvgIpc) is 2.95. The Labute approximate surface area is 147 Å². The maximum absolute atomic E-state index is 12.1. The number of fused-ring (bicyclic) bond motifs is 1. The Kier molecular flexibility index (Phi) is 4.84. The number of nitrogens with zero attached hydrogens (tertiary/aromatic N) is 3. The highest BCUT2D eigenvalue weighted by molar-refractivity contribution is 7.99. The number of aromatic amines is 1. The highest BCUT2D eigenvalue weighted by atomic mass is 32.2. The van der Waals surface area contributed by atoms with E-state index in [4.69, 9.17) is 0 Å². The summed E-state index contributed by atoms with van der Waals surface area (Å²) in [7, 11) is 0. The third kappa shape index (κ3) is 4.53. The molecule has 0 fully saturated rings. The number of amides is 1. The Balaban J connectivity index is 1.57. The topological polar surface area (TPSA) is 101 Å². The minimum absolute atomic E-state index is 0.0132. The molecular weight excluding hydrogens is 375 g/mol. The lowest BCUT2D eigenvalue weighted by molar-refractivity contribution is -0.274. The van der Waals surface area contributed by atoms with Gasteiger partial charge in [0, 0.05) is 18.0 Å². The molecular formula is C14H10F3N5O3S. The highest BCUT2D eigenvalue weighted by Crippen LogP contribution is 2.24. The lowest BCUT2D eigenvalue weighted by Crippen LogP contribution is -2.17. The van der Waals surface area contributed by atoms with Gasteiger partial charge in [-0.1, -0.05) is 11.8 Å². The lowest BCUT2D eigenvalue weighted by atomic mass is 10.3. The van der Waals surface area contributed by atoms with Crippen molar-refractivity contribution >= 4 is 29.1 Å². The molecule has 0 saturated carbocycles. The second kappa shape index (κ2) is 7.07. The molecule has 3 rings (SSSR count). The van der Waals surface area contributed by atoms with Crippen LogP contribution in [0.15, 0.2) is 46.5 Å². The van der Waals surface area contributed by atoms with Crippen LogP contribution in [0.3, 0.4) is 0 Å².